The van der Waals surface area contributed by atoms with E-state index in [0.717, 1.165) is 19.3 Å². The van der Waals surface area contributed by atoms with Crippen LogP contribution < -0.4 is 0 Å². The highest BCUT2D eigenvalue weighted by atomic mass is 16.6. The Balaban J connectivity index is 1.51. The minimum Gasteiger partial charge on any atom is -0.458 e. The molecule has 7 atom stereocenters. The number of rotatable bonds is 0. The van der Waals surface area contributed by atoms with Crippen LogP contribution in [-0.2, 0) is 14.3 Å². The van der Waals surface area contributed by atoms with Gasteiger partial charge in [0.25, 0.3) is 0 Å². The monoisotopic (exact) mass is 340 g/mol. The minimum atomic E-state index is -0.197. The van der Waals surface area contributed by atoms with Crippen molar-refractivity contribution in [3.05, 3.63) is 23.8 Å². The quantitative estimate of drug-likeness (QED) is 0.620. The zero-order valence-electron chi connectivity index (χ0n) is 15.3. The van der Waals surface area contributed by atoms with Crippen LogP contribution in [0, 0.1) is 35.0 Å². The van der Waals surface area contributed by atoms with Crippen molar-refractivity contribution in [2.75, 3.05) is 0 Å². The number of carbonyl (C=O) groups is 2. The Morgan fingerprint density at radius 2 is 2.00 bits per heavy atom. The lowest BCUT2D eigenvalue weighted by Gasteiger charge is -2.54. The fourth-order valence-corrected chi connectivity index (χ4v) is 7.38. The number of hydrogen-bond acceptors (Lipinski definition) is 3. The summed E-state index contributed by atoms with van der Waals surface area (Å²) in [6.45, 7) is 4.65. The molecule has 0 aromatic heterocycles. The lowest BCUT2D eigenvalue weighted by atomic mass is 9.51. The summed E-state index contributed by atoms with van der Waals surface area (Å²) in [5, 5.41) is 0. The summed E-state index contributed by atoms with van der Waals surface area (Å²) in [7, 11) is 0. The van der Waals surface area contributed by atoms with Gasteiger partial charge in [0.2, 0.25) is 0 Å². The van der Waals surface area contributed by atoms with Crippen molar-refractivity contribution in [3.8, 4) is 0 Å². The van der Waals surface area contributed by atoms with E-state index in [1.54, 1.807) is 0 Å². The first-order chi connectivity index (χ1) is 11.9. The van der Waals surface area contributed by atoms with Crippen molar-refractivity contribution in [2.45, 2.75) is 64.4 Å². The Kier molecular flexibility index (Phi) is 3.22. The largest absolute Gasteiger partial charge is 0.458 e. The fourth-order valence-electron chi connectivity index (χ4n) is 7.38. The van der Waals surface area contributed by atoms with Crippen LogP contribution in [0.25, 0.3) is 0 Å². The van der Waals surface area contributed by atoms with E-state index in [4.69, 9.17) is 4.74 Å². The molecule has 3 heteroatoms. The molecule has 0 amide bonds. The van der Waals surface area contributed by atoms with Crippen LogP contribution in [0.1, 0.15) is 58.8 Å². The van der Waals surface area contributed by atoms with Gasteiger partial charge in [-0.25, -0.2) is 0 Å². The average Bonchev–Trinajstić information content (AvgIpc) is 3.08. The van der Waals surface area contributed by atoms with Crippen molar-refractivity contribution in [1.82, 2.24) is 0 Å². The molecule has 1 saturated heterocycles. The van der Waals surface area contributed by atoms with Crippen molar-refractivity contribution >= 4 is 11.8 Å². The molecule has 1 aliphatic heterocycles. The predicted octanol–water partition coefficient (Wildman–Crippen LogP) is 4.23. The Morgan fingerprint density at radius 1 is 1.16 bits per heavy atom. The highest BCUT2D eigenvalue weighted by Gasteiger charge is 2.65. The second-order valence-corrected chi connectivity index (χ2v) is 9.49. The molecule has 2 saturated carbocycles. The topological polar surface area (TPSA) is 43.4 Å². The first-order valence-electron chi connectivity index (χ1n) is 10.1. The third-order valence-electron chi connectivity index (χ3n) is 8.54. The number of ketones is 1. The molecular formula is C22H28O3. The molecule has 3 fully saturated rings. The Labute approximate surface area is 149 Å². The van der Waals surface area contributed by atoms with Gasteiger partial charge in [0.05, 0.1) is 0 Å². The van der Waals surface area contributed by atoms with Gasteiger partial charge in [0.15, 0.2) is 5.78 Å². The van der Waals surface area contributed by atoms with Crippen molar-refractivity contribution < 1.29 is 14.3 Å². The highest BCUT2D eigenvalue weighted by Crippen LogP contribution is 2.67. The molecule has 4 aliphatic carbocycles. The minimum absolute atomic E-state index is 0.00724. The Morgan fingerprint density at radius 3 is 2.76 bits per heavy atom. The summed E-state index contributed by atoms with van der Waals surface area (Å²) < 4.78 is 5.98. The normalized spacial score (nSPS) is 51.0. The molecule has 1 heterocycles. The summed E-state index contributed by atoms with van der Waals surface area (Å²) >= 11 is 0. The molecule has 0 aromatic carbocycles. The molecular weight excluding hydrogens is 312 g/mol. The number of carbonyl (C=O) groups excluding carboxylic acids is 2. The van der Waals surface area contributed by atoms with E-state index in [1.807, 2.05) is 6.08 Å². The smallest absolute Gasteiger partial charge is 0.306 e. The van der Waals surface area contributed by atoms with Crippen LogP contribution in [0.3, 0.4) is 0 Å². The van der Waals surface area contributed by atoms with Gasteiger partial charge in [-0.15, -0.1) is 0 Å². The van der Waals surface area contributed by atoms with E-state index in [1.165, 1.54) is 18.4 Å². The third-order valence-corrected chi connectivity index (χ3v) is 8.54. The second-order valence-electron chi connectivity index (χ2n) is 9.49. The summed E-state index contributed by atoms with van der Waals surface area (Å²) in [6.07, 6.45) is 13.3. The lowest BCUT2D eigenvalue weighted by molar-refractivity contribution is -0.164. The van der Waals surface area contributed by atoms with E-state index in [9.17, 15) is 9.59 Å². The predicted molar refractivity (Wildman–Crippen MR) is 94.6 cm³/mol. The van der Waals surface area contributed by atoms with Crippen molar-refractivity contribution in [3.63, 3.8) is 0 Å². The second kappa shape index (κ2) is 5.08. The number of allylic oxidation sites excluding steroid dienone is 4. The van der Waals surface area contributed by atoms with Gasteiger partial charge in [0.1, 0.15) is 5.60 Å². The molecule has 134 valence electrons. The third kappa shape index (κ3) is 1.98. The van der Waals surface area contributed by atoms with Gasteiger partial charge in [-0.05, 0) is 73.3 Å². The molecule has 25 heavy (non-hydrogen) atoms. The summed E-state index contributed by atoms with van der Waals surface area (Å²) in [5.41, 5.74) is 1.20. The van der Waals surface area contributed by atoms with Crippen LogP contribution in [-0.4, -0.2) is 17.4 Å². The van der Waals surface area contributed by atoms with E-state index < -0.39 is 0 Å². The van der Waals surface area contributed by atoms with Gasteiger partial charge < -0.3 is 4.74 Å². The first-order valence-corrected chi connectivity index (χ1v) is 10.1. The summed E-state index contributed by atoms with van der Waals surface area (Å²) in [6, 6.07) is 0. The number of hydrogen-bond donors (Lipinski definition) is 0. The average molecular weight is 340 g/mol. The number of fused-ring (bicyclic) bond motifs is 6. The Hall–Kier alpha value is -1.38. The fraction of sp³-hybridized carbons (Fsp3) is 0.727. The lowest BCUT2D eigenvalue weighted by Crippen LogP contribution is -2.52. The Bertz CT molecular complexity index is 704. The molecule has 0 bridgehead atoms. The van der Waals surface area contributed by atoms with E-state index in [0.29, 0.717) is 48.2 Å². The van der Waals surface area contributed by atoms with Crippen LogP contribution in [0.15, 0.2) is 23.8 Å². The number of ether oxygens (including phenoxy) is 1. The van der Waals surface area contributed by atoms with Gasteiger partial charge in [-0.1, -0.05) is 26.0 Å². The van der Waals surface area contributed by atoms with Gasteiger partial charge in [-0.2, -0.15) is 0 Å². The van der Waals surface area contributed by atoms with E-state index in [2.05, 4.69) is 26.0 Å². The molecule has 5 aliphatic rings. The van der Waals surface area contributed by atoms with Gasteiger partial charge >= 0.3 is 5.97 Å². The van der Waals surface area contributed by atoms with Crippen molar-refractivity contribution in [1.29, 1.82) is 0 Å². The zero-order valence-corrected chi connectivity index (χ0v) is 15.3. The van der Waals surface area contributed by atoms with E-state index in [-0.39, 0.29) is 17.0 Å². The van der Waals surface area contributed by atoms with Gasteiger partial charge in [-0.3, -0.25) is 9.59 Å². The van der Waals surface area contributed by atoms with Crippen molar-refractivity contribution in [2.24, 2.45) is 35.0 Å². The maximum Gasteiger partial charge on any atom is 0.306 e. The zero-order chi connectivity index (χ0) is 17.4. The molecule has 0 aromatic rings. The number of esters is 1. The summed E-state index contributed by atoms with van der Waals surface area (Å²) in [5.74, 6) is 3.14. The van der Waals surface area contributed by atoms with E-state index >= 15 is 0 Å². The maximum atomic E-state index is 12.0. The highest BCUT2D eigenvalue weighted by molar-refractivity contribution is 5.92. The van der Waals surface area contributed by atoms with Crippen LogP contribution in [0.4, 0.5) is 0 Å². The molecule has 1 spiro atoms. The molecule has 0 radical (unpaired) electrons. The first kappa shape index (κ1) is 15.8. The molecule has 5 rings (SSSR count). The van der Waals surface area contributed by atoms with Gasteiger partial charge in [0, 0.05) is 18.3 Å². The molecule has 0 N–H and O–H groups in total. The SMILES string of the molecule is C[C@@H]1CC(=O)C=C2C=C[C@@H]3[C@H](CC[C@@]4(C)[C@H]3CC[C@@]43CCC(=O)O3)[C@@H]21. The van der Waals surface area contributed by atoms with Crippen LogP contribution in [0.2, 0.25) is 0 Å². The van der Waals surface area contributed by atoms with Crippen LogP contribution in [0.5, 0.6) is 0 Å². The molecule has 0 unspecified atom stereocenters. The standard InChI is InChI=1S/C22H28O3/c1-13-11-15(23)12-14-3-4-16-17(20(13)14)5-8-21(2)18(16)6-9-22(21)10-7-19(24)25-22/h3-4,12-13,16-18,20H,5-11H2,1-2H3/t13-,16-,17+,18+,20-,21+,22-/m1/s1. The van der Waals surface area contributed by atoms with Crippen LogP contribution >= 0.6 is 0 Å². The summed E-state index contributed by atoms with van der Waals surface area (Å²) in [4.78, 5) is 23.9. The molecule has 3 nitrogen and oxygen atoms in total. The maximum absolute atomic E-state index is 12.0.